The zero-order valence-corrected chi connectivity index (χ0v) is 19.9. The average Bonchev–Trinajstić information content (AvgIpc) is 3.36. The number of amides is 1. The van der Waals surface area contributed by atoms with Crippen LogP contribution in [0.3, 0.4) is 0 Å². The van der Waals surface area contributed by atoms with Crippen molar-refractivity contribution in [2.45, 2.75) is 38.9 Å². The van der Waals surface area contributed by atoms with Crippen molar-refractivity contribution in [3.8, 4) is 11.4 Å². The Kier molecular flexibility index (Phi) is 8.11. The zero-order chi connectivity index (χ0) is 22.4. The number of halogens is 1. The summed E-state index contributed by atoms with van der Waals surface area (Å²) in [5.41, 5.74) is 1.18. The number of benzene rings is 1. The number of rotatable bonds is 9. The number of aryl methyl sites for hydroxylation is 1. The number of carbonyl (C=O) groups excluding carboxylic acids is 2. The van der Waals surface area contributed by atoms with Gasteiger partial charge in [-0.25, -0.2) is 4.79 Å². The molecule has 1 amide bonds. The Hall–Kier alpha value is -2.36. The molecule has 164 valence electrons. The number of nitrogens with one attached hydrogen (secondary N) is 1. The fourth-order valence-electron chi connectivity index (χ4n) is 2.88. The molecule has 0 atom stereocenters. The Labute approximate surface area is 194 Å². The third-order valence-corrected chi connectivity index (χ3v) is 6.85. The molecule has 3 aromatic rings. The summed E-state index contributed by atoms with van der Waals surface area (Å²) in [4.78, 5) is 25.8. The fourth-order valence-corrected chi connectivity index (χ4v) is 4.91. The molecule has 7 nitrogen and oxygen atoms in total. The summed E-state index contributed by atoms with van der Waals surface area (Å²) in [5, 5.41) is 13.1. The van der Waals surface area contributed by atoms with Crippen LogP contribution in [0, 0.1) is 0 Å². The first-order chi connectivity index (χ1) is 15.0. The van der Waals surface area contributed by atoms with Gasteiger partial charge in [0.15, 0.2) is 11.0 Å². The monoisotopic (exact) mass is 478 g/mol. The molecule has 1 aromatic carbocycles. The summed E-state index contributed by atoms with van der Waals surface area (Å²) in [7, 11) is 0. The molecule has 3 rings (SSSR count). The highest BCUT2D eigenvalue weighted by Gasteiger charge is 2.20. The second-order valence-electron chi connectivity index (χ2n) is 6.40. The Morgan fingerprint density at radius 3 is 2.68 bits per heavy atom. The van der Waals surface area contributed by atoms with E-state index in [0.717, 1.165) is 16.9 Å². The normalized spacial score (nSPS) is 10.8. The topological polar surface area (TPSA) is 86.1 Å². The summed E-state index contributed by atoms with van der Waals surface area (Å²) in [6, 6.07) is 9.21. The van der Waals surface area contributed by atoms with E-state index in [1.54, 1.807) is 19.1 Å². The lowest BCUT2D eigenvalue weighted by Crippen LogP contribution is -2.16. The molecule has 0 bridgehead atoms. The molecule has 1 N–H and O–H groups in total. The molecule has 0 aliphatic carbocycles. The van der Waals surface area contributed by atoms with E-state index in [1.807, 2.05) is 36.6 Å². The smallest absolute Gasteiger partial charge is 0.341 e. The van der Waals surface area contributed by atoms with Crippen molar-refractivity contribution in [3.63, 3.8) is 0 Å². The first kappa shape index (κ1) is 23.3. The lowest BCUT2D eigenvalue weighted by Gasteiger charge is -2.09. The van der Waals surface area contributed by atoms with Crippen molar-refractivity contribution in [2.75, 3.05) is 17.7 Å². The third kappa shape index (κ3) is 5.47. The van der Waals surface area contributed by atoms with Crippen molar-refractivity contribution in [3.05, 3.63) is 45.8 Å². The number of hydrogen-bond acceptors (Lipinski definition) is 7. The Bertz CT molecular complexity index is 1080. The highest BCUT2D eigenvalue weighted by atomic mass is 35.5. The minimum atomic E-state index is -0.434. The van der Waals surface area contributed by atoms with Crippen molar-refractivity contribution in [2.24, 2.45) is 0 Å². The van der Waals surface area contributed by atoms with Gasteiger partial charge in [-0.3, -0.25) is 4.79 Å². The van der Waals surface area contributed by atoms with E-state index in [4.69, 9.17) is 16.3 Å². The molecule has 31 heavy (non-hydrogen) atoms. The first-order valence-corrected chi connectivity index (χ1v) is 12.1. The number of hydrogen-bond donors (Lipinski definition) is 1. The molecule has 0 aliphatic rings. The van der Waals surface area contributed by atoms with Gasteiger partial charge < -0.3 is 14.6 Å². The van der Waals surface area contributed by atoms with Crippen LogP contribution in [0.25, 0.3) is 11.4 Å². The second-order valence-corrected chi connectivity index (χ2v) is 8.88. The Morgan fingerprint density at radius 1 is 1.23 bits per heavy atom. The molecule has 0 fully saturated rings. The maximum Gasteiger partial charge on any atom is 0.341 e. The van der Waals surface area contributed by atoms with Crippen LogP contribution < -0.4 is 5.32 Å². The number of aromatic nitrogens is 3. The van der Waals surface area contributed by atoms with E-state index in [1.165, 1.54) is 23.1 Å². The molecule has 0 saturated heterocycles. The van der Waals surface area contributed by atoms with E-state index in [0.29, 0.717) is 33.1 Å². The van der Waals surface area contributed by atoms with Crippen LogP contribution >= 0.6 is 34.7 Å². The highest BCUT2D eigenvalue weighted by molar-refractivity contribution is 7.99. The zero-order valence-electron chi connectivity index (χ0n) is 17.5. The third-order valence-electron chi connectivity index (χ3n) is 4.36. The number of thiophene rings is 1. The largest absolute Gasteiger partial charge is 0.462 e. The minimum Gasteiger partial charge on any atom is -0.462 e. The van der Waals surface area contributed by atoms with Gasteiger partial charge >= 0.3 is 5.97 Å². The lowest BCUT2D eigenvalue weighted by atomic mass is 10.2. The summed E-state index contributed by atoms with van der Waals surface area (Å²) in [6.45, 7) is 6.64. The summed E-state index contributed by atoms with van der Waals surface area (Å²) < 4.78 is 7.02. The van der Waals surface area contributed by atoms with E-state index in [2.05, 4.69) is 15.5 Å². The van der Waals surface area contributed by atoms with E-state index in [-0.39, 0.29) is 18.3 Å². The molecule has 0 spiro atoms. The predicted octanol–water partition coefficient (Wildman–Crippen LogP) is 5.15. The number of esters is 1. The maximum absolute atomic E-state index is 12.6. The molecule has 2 heterocycles. The van der Waals surface area contributed by atoms with Crippen LogP contribution in [0.5, 0.6) is 0 Å². The van der Waals surface area contributed by atoms with Gasteiger partial charge in [0.1, 0.15) is 5.00 Å². The quantitative estimate of drug-likeness (QED) is 0.338. The van der Waals surface area contributed by atoms with Crippen molar-refractivity contribution in [1.82, 2.24) is 14.8 Å². The lowest BCUT2D eigenvalue weighted by molar-refractivity contribution is -0.113. The number of ether oxygens (including phenoxy) is 1. The van der Waals surface area contributed by atoms with Gasteiger partial charge in [-0.15, -0.1) is 21.5 Å². The molecule has 0 unspecified atom stereocenters. The predicted molar refractivity (Wildman–Crippen MR) is 125 cm³/mol. The highest BCUT2D eigenvalue weighted by Crippen LogP contribution is 2.31. The number of thioether (sulfide) groups is 1. The maximum atomic E-state index is 12.6. The standard InChI is InChI=1S/C21H23ClN4O3S2/c1-4-13-11-15(20(28)29-6-3)19(31-13)23-17(27)12-30-21-25-24-18(26(21)5-2)14-9-7-8-10-16(14)22/h7-11H,4-6,12H2,1-3H3,(H,23,27). The molecule has 0 saturated carbocycles. The molecular weight excluding hydrogens is 456 g/mol. The van der Waals surface area contributed by atoms with Gasteiger partial charge in [0, 0.05) is 17.0 Å². The van der Waals surface area contributed by atoms with Gasteiger partial charge in [-0.1, -0.05) is 42.4 Å². The average molecular weight is 479 g/mol. The second kappa shape index (κ2) is 10.8. The summed E-state index contributed by atoms with van der Waals surface area (Å²) >= 11 is 8.97. The van der Waals surface area contributed by atoms with Crippen LogP contribution in [-0.2, 0) is 22.5 Å². The van der Waals surface area contributed by atoms with E-state index >= 15 is 0 Å². The molecule has 0 aliphatic heterocycles. The van der Waals surface area contributed by atoms with Gasteiger partial charge in [0.05, 0.1) is 22.9 Å². The minimum absolute atomic E-state index is 0.127. The molecule has 10 heteroatoms. The van der Waals surface area contributed by atoms with Gasteiger partial charge in [0.2, 0.25) is 5.91 Å². The summed E-state index contributed by atoms with van der Waals surface area (Å²) in [5.74, 6) is 0.121. The molecule has 2 aromatic heterocycles. The van der Waals surface area contributed by atoms with Gasteiger partial charge in [-0.2, -0.15) is 0 Å². The van der Waals surface area contributed by atoms with Crippen molar-refractivity contribution >= 4 is 51.6 Å². The number of anilines is 1. The van der Waals surface area contributed by atoms with Crippen LogP contribution in [0.15, 0.2) is 35.5 Å². The number of nitrogens with zero attached hydrogens (tertiary/aromatic N) is 3. The van der Waals surface area contributed by atoms with Crippen LogP contribution in [0.4, 0.5) is 5.00 Å². The van der Waals surface area contributed by atoms with Gasteiger partial charge in [0.25, 0.3) is 0 Å². The van der Waals surface area contributed by atoms with Crippen LogP contribution in [0.2, 0.25) is 5.02 Å². The molecular formula is C21H23ClN4O3S2. The Morgan fingerprint density at radius 2 is 2.00 bits per heavy atom. The van der Waals surface area contributed by atoms with Crippen molar-refractivity contribution < 1.29 is 14.3 Å². The van der Waals surface area contributed by atoms with Gasteiger partial charge in [-0.05, 0) is 38.5 Å². The van der Waals surface area contributed by atoms with E-state index in [9.17, 15) is 9.59 Å². The van der Waals surface area contributed by atoms with Crippen LogP contribution in [0.1, 0.15) is 36.0 Å². The first-order valence-electron chi connectivity index (χ1n) is 9.88. The number of carbonyl (C=O) groups is 2. The summed E-state index contributed by atoms with van der Waals surface area (Å²) in [6.07, 6.45) is 0.770. The Balaban J connectivity index is 1.72. The molecule has 0 radical (unpaired) electrons. The van der Waals surface area contributed by atoms with Crippen LogP contribution in [-0.4, -0.2) is 39.0 Å². The SMILES string of the molecule is CCOC(=O)c1cc(CC)sc1NC(=O)CSc1nnc(-c2ccccc2Cl)n1CC. The fraction of sp³-hybridized carbons (Fsp3) is 0.333. The van der Waals surface area contributed by atoms with Crippen molar-refractivity contribution in [1.29, 1.82) is 0 Å². The van der Waals surface area contributed by atoms with E-state index < -0.39 is 5.97 Å².